The minimum absolute atomic E-state index is 0. The molecule has 0 aromatic rings. The summed E-state index contributed by atoms with van der Waals surface area (Å²) in [7, 11) is 0. The summed E-state index contributed by atoms with van der Waals surface area (Å²) in [5.74, 6) is -0.353. The molecule has 13 heavy (non-hydrogen) atoms. The fraction of sp³-hybridized carbons (Fsp3) is 0.875. The molecule has 3 N–H and O–H groups in total. The van der Waals surface area contributed by atoms with Crippen molar-refractivity contribution >= 4 is 18.4 Å². The fourth-order valence-corrected chi connectivity index (χ4v) is 1.45. The van der Waals surface area contributed by atoms with Crippen LogP contribution in [-0.2, 0) is 9.53 Å². The minimum Gasteiger partial charge on any atom is -0.466 e. The van der Waals surface area contributed by atoms with Crippen LogP contribution in [0.4, 0.5) is 0 Å². The molecule has 78 valence electrons. The number of carbonyl (C=O) groups is 1. The molecule has 1 aliphatic rings. The van der Waals surface area contributed by atoms with Gasteiger partial charge in [0, 0.05) is 6.54 Å². The van der Waals surface area contributed by atoms with Gasteiger partial charge in [-0.25, -0.2) is 0 Å². The van der Waals surface area contributed by atoms with Gasteiger partial charge >= 0.3 is 5.97 Å². The maximum absolute atomic E-state index is 11.1. The highest BCUT2D eigenvalue weighted by atomic mass is 35.5. The summed E-state index contributed by atoms with van der Waals surface area (Å²) >= 11 is 0. The highest BCUT2D eigenvalue weighted by molar-refractivity contribution is 5.85. The second-order valence-electron chi connectivity index (χ2n) is 3.29. The Morgan fingerprint density at radius 1 is 1.69 bits per heavy atom. The Kier molecular flexibility index (Phi) is 4.67. The third-order valence-corrected chi connectivity index (χ3v) is 2.25. The van der Waals surface area contributed by atoms with Crippen LogP contribution in [0.25, 0.3) is 0 Å². The number of rotatable bonds is 3. The predicted octanol–water partition coefficient (Wildman–Crippen LogP) is 0.0711. The monoisotopic (exact) mass is 209 g/mol. The normalized spacial score (nSPS) is 31.5. The molecule has 4 nitrogen and oxygen atoms in total. The summed E-state index contributed by atoms with van der Waals surface area (Å²) in [4.78, 5) is 11.1. The van der Waals surface area contributed by atoms with Gasteiger partial charge in [0.25, 0.3) is 0 Å². The van der Waals surface area contributed by atoms with Crippen molar-refractivity contribution in [3.63, 3.8) is 0 Å². The van der Waals surface area contributed by atoms with Crippen LogP contribution in [0.5, 0.6) is 0 Å². The van der Waals surface area contributed by atoms with Crippen LogP contribution >= 0.6 is 12.4 Å². The van der Waals surface area contributed by atoms with Crippen molar-refractivity contribution in [1.82, 2.24) is 0 Å². The van der Waals surface area contributed by atoms with Crippen molar-refractivity contribution in [2.75, 3.05) is 13.2 Å². The topological polar surface area (TPSA) is 72.5 Å². The lowest BCUT2D eigenvalue weighted by Gasteiger charge is -2.41. The Morgan fingerprint density at radius 2 is 2.23 bits per heavy atom. The number of ether oxygens (including phenoxy) is 1. The molecule has 0 aromatic carbocycles. The molecule has 0 heterocycles. The molecule has 0 aliphatic heterocycles. The smallest absolute Gasteiger partial charge is 0.309 e. The number of nitrogens with two attached hydrogens (primary N) is 1. The van der Waals surface area contributed by atoms with E-state index in [4.69, 9.17) is 10.5 Å². The molecule has 1 rings (SSSR count). The van der Waals surface area contributed by atoms with Gasteiger partial charge in [0.05, 0.1) is 18.1 Å². The zero-order chi connectivity index (χ0) is 9.19. The van der Waals surface area contributed by atoms with Crippen LogP contribution in [0.3, 0.4) is 0 Å². The van der Waals surface area contributed by atoms with Crippen molar-refractivity contribution in [3.05, 3.63) is 0 Å². The molecular weight excluding hydrogens is 194 g/mol. The van der Waals surface area contributed by atoms with E-state index in [0.29, 0.717) is 19.4 Å². The van der Waals surface area contributed by atoms with Gasteiger partial charge in [-0.15, -0.1) is 12.4 Å². The average molecular weight is 210 g/mol. The summed E-state index contributed by atoms with van der Waals surface area (Å²) in [6.45, 7) is 2.39. The minimum atomic E-state index is -0.808. The van der Waals surface area contributed by atoms with Crippen molar-refractivity contribution in [2.45, 2.75) is 25.4 Å². The van der Waals surface area contributed by atoms with Gasteiger partial charge in [-0.3, -0.25) is 4.79 Å². The van der Waals surface area contributed by atoms with Gasteiger partial charge in [0.1, 0.15) is 0 Å². The lowest BCUT2D eigenvalue weighted by molar-refractivity contribution is -0.163. The highest BCUT2D eigenvalue weighted by Crippen LogP contribution is 2.37. The van der Waals surface area contributed by atoms with E-state index in [1.807, 2.05) is 0 Å². The van der Waals surface area contributed by atoms with E-state index in [0.717, 1.165) is 0 Å². The van der Waals surface area contributed by atoms with E-state index in [2.05, 4.69) is 0 Å². The van der Waals surface area contributed by atoms with Gasteiger partial charge in [-0.05, 0) is 19.8 Å². The Bertz CT molecular complexity index is 180. The summed E-state index contributed by atoms with van der Waals surface area (Å²) in [5, 5.41) is 9.47. The van der Waals surface area contributed by atoms with Crippen LogP contribution in [0.15, 0.2) is 0 Å². The van der Waals surface area contributed by atoms with E-state index < -0.39 is 5.60 Å². The molecule has 0 unspecified atom stereocenters. The predicted molar refractivity (Wildman–Crippen MR) is 50.6 cm³/mol. The average Bonchev–Trinajstić information content (AvgIpc) is 1.99. The van der Waals surface area contributed by atoms with Crippen molar-refractivity contribution in [3.8, 4) is 0 Å². The summed E-state index contributed by atoms with van der Waals surface area (Å²) in [6.07, 6.45) is 0.894. The highest BCUT2D eigenvalue weighted by Gasteiger charge is 2.45. The lowest BCUT2D eigenvalue weighted by atomic mass is 9.71. The van der Waals surface area contributed by atoms with Crippen molar-refractivity contribution in [2.24, 2.45) is 11.7 Å². The molecule has 0 amide bonds. The number of carbonyl (C=O) groups excluding carboxylic acids is 1. The number of hydrogen-bond donors (Lipinski definition) is 2. The summed E-state index contributed by atoms with van der Waals surface area (Å²) in [5.41, 5.74) is 4.49. The first-order chi connectivity index (χ1) is 5.61. The van der Waals surface area contributed by atoms with Crippen LogP contribution in [0.2, 0.25) is 0 Å². The quantitative estimate of drug-likeness (QED) is 0.646. The van der Waals surface area contributed by atoms with Crippen LogP contribution in [0.1, 0.15) is 19.8 Å². The van der Waals surface area contributed by atoms with Crippen LogP contribution < -0.4 is 5.73 Å². The molecular formula is C8H16ClNO3. The fourth-order valence-electron chi connectivity index (χ4n) is 1.45. The molecule has 1 saturated carbocycles. The first-order valence-corrected chi connectivity index (χ1v) is 4.20. The van der Waals surface area contributed by atoms with Crippen molar-refractivity contribution in [1.29, 1.82) is 0 Å². The molecule has 0 radical (unpaired) electrons. The number of esters is 1. The number of hydrogen-bond acceptors (Lipinski definition) is 4. The summed E-state index contributed by atoms with van der Waals surface area (Å²) < 4.78 is 4.79. The Balaban J connectivity index is 0.00000144. The van der Waals surface area contributed by atoms with Crippen LogP contribution in [0, 0.1) is 5.92 Å². The SMILES string of the molecule is CCOC(=O)C1CC(O)(CN)C1.Cl. The first-order valence-electron chi connectivity index (χ1n) is 4.20. The molecule has 0 saturated heterocycles. The largest absolute Gasteiger partial charge is 0.466 e. The van der Waals surface area contributed by atoms with Gasteiger partial charge < -0.3 is 15.6 Å². The molecule has 0 atom stereocenters. The number of aliphatic hydroxyl groups is 1. The molecule has 0 bridgehead atoms. The zero-order valence-electron chi connectivity index (χ0n) is 7.66. The number of halogens is 1. The third-order valence-electron chi connectivity index (χ3n) is 2.25. The Labute approximate surface area is 83.9 Å². The maximum atomic E-state index is 11.1. The van der Waals surface area contributed by atoms with E-state index in [1.165, 1.54) is 0 Å². The lowest BCUT2D eigenvalue weighted by Crippen LogP contribution is -2.52. The Morgan fingerprint density at radius 3 is 2.62 bits per heavy atom. The zero-order valence-corrected chi connectivity index (χ0v) is 8.47. The standard InChI is InChI=1S/C8H15NO3.ClH/c1-2-12-7(10)6-3-8(11,4-6)5-9;/h6,11H,2-5,9H2,1H3;1H. The van der Waals surface area contributed by atoms with Gasteiger partial charge in [0.15, 0.2) is 0 Å². The van der Waals surface area contributed by atoms with Gasteiger partial charge in [-0.2, -0.15) is 0 Å². The van der Waals surface area contributed by atoms with E-state index in [-0.39, 0.29) is 30.8 Å². The molecule has 1 aliphatic carbocycles. The van der Waals surface area contributed by atoms with E-state index >= 15 is 0 Å². The van der Waals surface area contributed by atoms with Gasteiger partial charge in [-0.1, -0.05) is 0 Å². The van der Waals surface area contributed by atoms with Gasteiger partial charge in [0.2, 0.25) is 0 Å². The Hall–Kier alpha value is -0.320. The van der Waals surface area contributed by atoms with Crippen LogP contribution in [-0.4, -0.2) is 29.8 Å². The first kappa shape index (κ1) is 12.7. The van der Waals surface area contributed by atoms with Crippen molar-refractivity contribution < 1.29 is 14.6 Å². The summed E-state index contributed by atoms with van der Waals surface area (Å²) in [6, 6.07) is 0. The van der Waals surface area contributed by atoms with E-state index in [9.17, 15) is 9.90 Å². The molecule has 1 fully saturated rings. The van der Waals surface area contributed by atoms with E-state index in [1.54, 1.807) is 6.92 Å². The third kappa shape index (κ3) is 2.83. The second-order valence-corrected chi connectivity index (χ2v) is 3.29. The maximum Gasteiger partial charge on any atom is 0.309 e. The molecule has 0 aromatic heterocycles. The second kappa shape index (κ2) is 4.79. The molecule has 0 spiro atoms. The molecule has 5 heteroatoms.